The molecule has 1 aliphatic heterocycles. The first-order valence-corrected chi connectivity index (χ1v) is 8.49. The van der Waals surface area contributed by atoms with E-state index in [0.29, 0.717) is 17.0 Å². The first kappa shape index (κ1) is 12.9. The molecule has 8 heteroatoms. The van der Waals surface area contributed by atoms with E-state index in [4.69, 9.17) is 0 Å². The fourth-order valence-corrected chi connectivity index (χ4v) is 4.80. The maximum atomic E-state index is 11.9. The summed E-state index contributed by atoms with van der Waals surface area (Å²) >= 11 is 3.65. The summed E-state index contributed by atoms with van der Waals surface area (Å²) < 4.78 is 1.35. The van der Waals surface area contributed by atoms with Crippen LogP contribution in [-0.4, -0.2) is 25.3 Å². The third-order valence-electron chi connectivity index (χ3n) is 3.62. The molecule has 0 radical (unpaired) electrons. The molecule has 3 aromatic rings. The summed E-state index contributed by atoms with van der Waals surface area (Å²) in [5, 5.41) is 0. The van der Waals surface area contributed by atoms with Crippen molar-refractivity contribution >= 4 is 34.3 Å². The number of thioether (sulfide) groups is 1. The molecule has 4 rings (SSSR count). The van der Waals surface area contributed by atoms with Crippen LogP contribution in [0.15, 0.2) is 15.7 Å². The van der Waals surface area contributed by atoms with Crippen LogP contribution in [0.4, 0.5) is 0 Å². The zero-order valence-electron chi connectivity index (χ0n) is 11.2. The maximum absolute atomic E-state index is 11.9. The van der Waals surface area contributed by atoms with Crippen molar-refractivity contribution in [2.75, 3.05) is 5.75 Å². The van der Waals surface area contributed by atoms with Gasteiger partial charge in [-0.15, -0.1) is 11.3 Å². The minimum Gasteiger partial charge on any atom is -0.331 e. The van der Waals surface area contributed by atoms with Gasteiger partial charge in [-0.3, -0.25) is 14.3 Å². The Kier molecular flexibility index (Phi) is 2.83. The lowest BCUT2D eigenvalue weighted by molar-refractivity contribution is 0.832. The minimum absolute atomic E-state index is 0.341. The molecule has 0 unspecified atom stereocenters. The smallest absolute Gasteiger partial charge is 0.329 e. The maximum Gasteiger partial charge on any atom is 0.329 e. The van der Waals surface area contributed by atoms with E-state index in [9.17, 15) is 9.59 Å². The van der Waals surface area contributed by atoms with E-state index >= 15 is 0 Å². The third-order valence-corrected chi connectivity index (χ3v) is 5.87. The number of thiophene rings is 1. The molecule has 3 aromatic heterocycles. The highest BCUT2D eigenvalue weighted by atomic mass is 32.2. The molecule has 0 amide bonds. The lowest BCUT2D eigenvalue weighted by atomic mass is 10.2. The zero-order valence-corrected chi connectivity index (χ0v) is 12.9. The van der Waals surface area contributed by atoms with Gasteiger partial charge in [0.25, 0.3) is 5.56 Å². The van der Waals surface area contributed by atoms with Crippen LogP contribution in [0.3, 0.4) is 0 Å². The van der Waals surface area contributed by atoms with Crippen LogP contribution in [0.1, 0.15) is 10.4 Å². The number of aromatic amines is 2. The molecule has 6 nitrogen and oxygen atoms in total. The Bertz CT molecular complexity index is 939. The van der Waals surface area contributed by atoms with Gasteiger partial charge in [0.15, 0.2) is 11.5 Å². The molecule has 0 saturated carbocycles. The molecule has 0 saturated heterocycles. The van der Waals surface area contributed by atoms with Gasteiger partial charge in [0.05, 0.1) is 4.88 Å². The van der Waals surface area contributed by atoms with E-state index in [1.807, 2.05) is 11.8 Å². The summed E-state index contributed by atoms with van der Waals surface area (Å²) in [6.07, 6.45) is 1.09. The summed E-state index contributed by atoms with van der Waals surface area (Å²) in [6.45, 7) is 0. The summed E-state index contributed by atoms with van der Waals surface area (Å²) in [5.41, 5.74) is 1.21. The highest BCUT2D eigenvalue weighted by molar-refractivity contribution is 7.98. The Balaban J connectivity index is 1.93. The van der Waals surface area contributed by atoms with Crippen LogP contribution < -0.4 is 11.2 Å². The van der Waals surface area contributed by atoms with E-state index in [1.165, 1.54) is 15.0 Å². The average Bonchev–Trinajstić information content (AvgIpc) is 3.09. The molecule has 108 valence electrons. The monoisotopic (exact) mass is 320 g/mol. The van der Waals surface area contributed by atoms with E-state index in [-0.39, 0.29) is 0 Å². The predicted octanol–water partition coefficient (Wildman–Crippen LogP) is 1.47. The van der Waals surface area contributed by atoms with Gasteiger partial charge < -0.3 is 4.98 Å². The van der Waals surface area contributed by atoms with E-state index < -0.39 is 11.2 Å². The number of aryl methyl sites for hydroxylation is 2. The Morgan fingerprint density at radius 1 is 1.33 bits per heavy atom. The number of aromatic nitrogens is 4. The van der Waals surface area contributed by atoms with Crippen molar-refractivity contribution in [1.29, 1.82) is 0 Å². The number of nitrogens with one attached hydrogen (secondary N) is 2. The number of fused-ring (bicyclic) bond motifs is 2. The van der Waals surface area contributed by atoms with Crippen LogP contribution >= 0.6 is 23.1 Å². The van der Waals surface area contributed by atoms with Crippen LogP contribution in [-0.2, 0) is 19.2 Å². The highest BCUT2D eigenvalue weighted by Crippen LogP contribution is 2.36. The van der Waals surface area contributed by atoms with Gasteiger partial charge >= 0.3 is 5.69 Å². The van der Waals surface area contributed by atoms with Gasteiger partial charge in [0.1, 0.15) is 5.52 Å². The van der Waals surface area contributed by atoms with Crippen molar-refractivity contribution in [3.8, 4) is 10.7 Å². The second-order valence-corrected chi connectivity index (χ2v) is 7.21. The summed E-state index contributed by atoms with van der Waals surface area (Å²) in [7, 11) is 1.60. The Morgan fingerprint density at radius 3 is 3.00 bits per heavy atom. The van der Waals surface area contributed by atoms with Crippen molar-refractivity contribution < 1.29 is 0 Å². The zero-order chi connectivity index (χ0) is 14.6. The second kappa shape index (κ2) is 4.60. The predicted molar refractivity (Wildman–Crippen MR) is 85.1 cm³/mol. The number of hydrogen-bond acceptors (Lipinski definition) is 5. The molecular formula is C13H12N4O2S2. The Hall–Kier alpha value is -1.80. The van der Waals surface area contributed by atoms with Gasteiger partial charge in [-0.2, -0.15) is 11.8 Å². The fraction of sp³-hybridized carbons (Fsp3) is 0.308. The van der Waals surface area contributed by atoms with Gasteiger partial charge in [0.2, 0.25) is 0 Å². The Morgan fingerprint density at radius 2 is 2.19 bits per heavy atom. The summed E-state index contributed by atoms with van der Waals surface area (Å²) in [5.74, 6) is 2.84. The van der Waals surface area contributed by atoms with Gasteiger partial charge in [-0.25, -0.2) is 9.78 Å². The van der Waals surface area contributed by atoms with Crippen LogP contribution in [0.2, 0.25) is 0 Å². The number of imidazole rings is 1. The SMILES string of the molecule is Cn1c(=O)[nH]c(=O)c2[nH]c(-c3cc4c(s3)CCSC4)nc21. The number of nitrogens with zero attached hydrogens (tertiary/aromatic N) is 2. The van der Waals surface area contributed by atoms with Crippen molar-refractivity contribution in [3.05, 3.63) is 37.3 Å². The molecule has 0 fully saturated rings. The molecule has 0 spiro atoms. The topological polar surface area (TPSA) is 83.5 Å². The summed E-state index contributed by atoms with van der Waals surface area (Å²) in [4.78, 5) is 35.6. The van der Waals surface area contributed by atoms with Gasteiger partial charge in [-0.05, 0) is 23.8 Å². The first-order chi connectivity index (χ1) is 10.1. The highest BCUT2D eigenvalue weighted by Gasteiger charge is 2.18. The number of rotatable bonds is 1. The van der Waals surface area contributed by atoms with Crippen LogP contribution in [0.5, 0.6) is 0 Å². The van der Waals surface area contributed by atoms with Crippen LogP contribution in [0, 0.1) is 0 Å². The van der Waals surface area contributed by atoms with Crippen molar-refractivity contribution in [3.63, 3.8) is 0 Å². The molecule has 0 aliphatic carbocycles. The van der Waals surface area contributed by atoms with Gasteiger partial charge in [-0.1, -0.05) is 0 Å². The first-order valence-electron chi connectivity index (χ1n) is 6.52. The molecular weight excluding hydrogens is 308 g/mol. The van der Waals surface area contributed by atoms with Crippen LogP contribution in [0.25, 0.3) is 21.9 Å². The number of hydrogen-bond donors (Lipinski definition) is 2. The quantitative estimate of drug-likeness (QED) is 0.711. The molecule has 21 heavy (non-hydrogen) atoms. The van der Waals surface area contributed by atoms with E-state index in [0.717, 1.165) is 22.8 Å². The Labute approximate surface area is 127 Å². The molecule has 0 aromatic carbocycles. The van der Waals surface area contributed by atoms with Crippen molar-refractivity contribution in [1.82, 2.24) is 19.5 Å². The number of H-pyrrole nitrogens is 2. The fourth-order valence-electron chi connectivity index (χ4n) is 2.49. The lowest BCUT2D eigenvalue weighted by Crippen LogP contribution is -2.28. The van der Waals surface area contributed by atoms with E-state index in [2.05, 4.69) is 21.0 Å². The van der Waals surface area contributed by atoms with E-state index in [1.54, 1.807) is 18.4 Å². The standard InChI is InChI=1S/C13H12N4O2S2/c1-17-11-9(12(18)16-13(17)19)14-10(15-11)8-4-6-5-20-3-2-7(6)21-8/h4H,2-3,5H2,1H3,(H,14,15)(H,16,18,19). The molecule has 0 atom stereocenters. The van der Waals surface area contributed by atoms with Gasteiger partial charge in [0, 0.05) is 17.7 Å². The summed E-state index contributed by atoms with van der Waals surface area (Å²) in [6, 6.07) is 2.14. The average molecular weight is 320 g/mol. The van der Waals surface area contributed by atoms with Crippen molar-refractivity contribution in [2.24, 2.45) is 7.05 Å². The van der Waals surface area contributed by atoms with Crippen molar-refractivity contribution in [2.45, 2.75) is 12.2 Å². The normalized spacial score (nSPS) is 14.5. The largest absolute Gasteiger partial charge is 0.331 e. The molecule has 0 bridgehead atoms. The second-order valence-electron chi connectivity index (χ2n) is 4.96. The molecule has 4 heterocycles. The minimum atomic E-state index is -0.451. The lowest BCUT2D eigenvalue weighted by Gasteiger charge is -2.08. The molecule has 2 N–H and O–H groups in total. The third kappa shape index (κ3) is 1.97. The molecule has 1 aliphatic rings.